The second kappa shape index (κ2) is 4.97. The summed E-state index contributed by atoms with van der Waals surface area (Å²) >= 11 is 0. The molecular formula is C12H13N3O3. The number of amides is 1. The van der Waals surface area contributed by atoms with Crippen LogP contribution in [0.15, 0.2) is 29.0 Å². The molecule has 0 saturated carbocycles. The minimum atomic E-state index is -0.907. The number of aliphatic hydroxyl groups is 1. The van der Waals surface area contributed by atoms with Crippen LogP contribution in [0.5, 0.6) is 0 Å². The van der Waals surface area contributed by atoms with E-state index in [-0.39, 0.29) is 17.2 Å². The number of rotatable bonds is 3. The predicted octanol–water partition coefficient (Wildman–Crippen LogP) is 1.15. The quantitative estimate of drug-likeness (QED) is 0.849. The van der Waals surface area contributed by atoms with E-state index < -0.39 is 6.10 Å². The van der Waals surface area contributed by atoms with Crippen LogP contribution in [0.25, 0.3) is 11.3 Å². The zero-order valence-electron chi connectivity index (χ0n) is 10.0. The maximum Gasteiger partial charge on any atom is 0.257 e. The lowest BCUT2D eigenvalue weighted by Gasteiger charge is -2.04. The summed E-state index contributed by atoms with van der Waals surface area (Å²) in [6.07, 6.45) is 2.30. The molecule has 1 unspecified atom stereocenters. The largest absolute Gasteiger partial charge is 0.385 e. The van der Waals surface area contributed by atoms with Crippen molar-refractivity contribution in [1.82, 2.24) is 15.5 Å². The maximum absolute atomic E-state index is 11.9. The van der Waals surface area contributed by atoms with Crippen molar-refractivity contribution < 1.29 is 14.4 Å². The molecule has 18 heavy (non-hydrogen) atoms. The monoisotopic (exact) mass is 247 g/mol. The molecule has 1 atom stereocenters. The van der Waals surface area contributed by atoms with Gasteiger partial charge in [0.2, 0.25) is 0 Å². The van der Waals surface area contributed by atoms with Gasteiger partial charge in [0.25, 0.3) is 5.91 Å². The standard InChI is InChI=1S/C12H13N3O3/c1-7(16)11-9(12(17)13-2)10(15-18-11)8-4-3-5-14-6-8/h3-7,16H,1-2H3,(H,13,17). The second-order valence-electron chi connectivity index (χ2n) is 3.77. The highest BCUT2D eigenvalue weighted by Crippen LogP contribution is 2.28. The summed E-state index contributed by atoms with van der Waals surface area (Å²) < 4.78 is 5.05. The lowest BCUT2D eigenvalue weighted by Crippen LogP contribution is -2.20. The van der Waals surface area contributed by atoms with E-state index in [0.29, 0.717) is 11.3 Å². The summed E-state index contributed by atoms with van der Waals surface area (Å²) in [7, 11) is 1.51. The Morgan fingerprint density at radius 3 is 2.89 bits per heavy atom. The Bertz CT molecular complexity index is 549. The van der Waals surface area contributed by atoms with Crippen molar-refractivity contribution in [2.24, 2.45) is 0 Å². The number of carbonyl (C=O) groups excluding carboxylic acids is 1. The van der Waals surface area contributed by atoms with E-state index in [1.807, 2.05) is 0 Å². The van der Waals surface area contributed by atoms with E-state index in [2.05, 4.69) is 15.5 Å². The molecule has 0 aliphatic carbocycles. The van der Waals surface area contributed by atoms with E-state index in [9.17, 15) is 9.90 Å². The molecule has 1 amide bonds. The zero-order valence-corrected chi connectivity index (χ0v) is 10.0. The van der Waals surface area contributed by atoms with Crippen LogP contribution >= 0.6 is 0 Å². The van der Waals surface area contributed by atoms with E-state index in [1.165, 1.54) is 14.0 Å². The van der Waals surface area contributed by atoms with Gasteiger partial charge in [0.1, 0.15) is 17.4 Å². The molecule has 0 aliphatic rings. The fraction of sp³-hybridized carbons (Fsp3) is 0.250. The molecule has 0 fully saturated rings. The summed E-state index contributed by atoms with van der Waals surface area (Å²) in [4.78, 5) is 15.8. The molecule has 0 aromatic carbocycles. The van der Waals surface area contributed by atoms with Crippen molar-refractivity contribution in [3.05, 3.63) is 35.9 Å². The van der Waals surface area contributed by atoms with Crippen LogP contribution in [0, 0.1) is 0 Å². The van der Waals surface area contributed by atoms with Crippen molar-refractivity contribution in [2.75, 3.05) is 7.05 Å². The normalized spacial score (nSPS) is 12.2. The molecule has 2 aromatic rings. The van der Waals surface area contributed by atoms with Gasteiger partial charge in [-0.2, -0.15) is 0 Å². The molecule has 94 valence electrons. The number of nitrogens with zero attached hydrogens (tertiary/aromatic N) is 2. The van der Waals surface area contributed by atoms with Crippen LogP contribution < -0.4 is 5.32 Å². The van der Waals surface area contributed by atoms with Crippen LogP contribution in [-0.4, -0.2) is 28.2 Å². The number of hydrogen-bond donors (Lipinski definition) is 2. The number of hydrogen-bond acceptors (Lipinski definition) is 5. The minimum Gasteiger partial charge on any atom is -0.385 e. The van der Waals surface area contributed by atoms with Gasteiger partial charge in [-0.3, -0.25) is 9.78 Å². The van der Waals surface area contributed by atoms with Gasteiger partial charge >= 0.3 is 0 Å². The van der Waals surface area contributed by atoms with Crippen molar-refractivity contribution in [2.45, 2.75) is 13.0 Å². The van der Waals surface area contributed by atoms with Gasteiger partial charge in [0.15, 0.2) is 5.76 Å². The Balaban J connectivity index is 2.58. The molecule has 2 aromatic heterocycles. The van der Waals surface area contributed by atoms with Crippen molar-refractivity contribution >= 4 is 5.91 Å². The molecule has 0 bridgehead atoms. The van der Waals surface area contributed by atoms with Crippen molar-refractivity contribution in [1.29, 1.82) is 0 Å². The average molecular weight is 247 g/mol. The number of pyridine rings is 1. The fourth-order valence-electron chi connectivity index (χ4n) is 1.63. The molecular weight excluding hydrogens is 234 g/mol. The number of carbonyl (C=O) groups is 1. The minimum absolute atomic E-state index is 0.146. The van der Waals surface area contributed by atoms with Gasteiger partial charge in [-0.05, 0) is 19.1 Å². The number of nitrogens with one attached hydrogen (secondary N) is 1. The third-order valence-corrected chi connectivity index (χ3v) is 2.49. The first kappa shape index (κ1) is 12.3. The smallest absolute Gasteiger partial charge is 0.257 e. The summed E-state index contributed by atoms with van der Waals surface area (Å²) in [6, 6.07) is 3.50. The molecule has 2 heterocycles. The Morgan fingerprint density at radius 1 is 1.56 bits per heavy atom. The highest BCUT2D eigenvalue weighted by molar-refractivity contribution is 6.00. The summed E-state index contributed by atoms with van der Waals surface area (Å²) in [6.45, 7) is 1.51. The van der Waals surface area contributed by atoms with E-state index in [0.717, 1.165) is 0 Å². The van der Waals surface area contributed by atoms with Crippen LogP contribution in [-0.2, 0) is 0 Å². The lowest BCUT2D eigenvalue weighted by atomic mass is 10.1. The zero-order chi connectivity index (χ0) is 13.1. The Morgan fingerprint density at radius 2 is 2.33 bits per heavy atom. The molecule has 2 N–H and O–H groups in total. The molecule has 0 saturated heterocycles. The van der Waals surface area contributed by atoms with E-state index in [1.54, 1.807) is 24.5 Å². The van der Waals surface area contributed by atoms with E-state index >= 15 is 0 Å². The third-order valence-electron chi connectivity index (χ3n) is 2.49. The average Bonchev–Trinajstić information content (AvgIpc) is 2.83. The predicted molar refractivity (Wildman–Crippen MR) is 63.8 cm³/mol. The van der Waals surface area contributed by atoms with Crippen LogP contribution in [0.2, 0.25) is 0 Å². The van der Waals surface area contributed by atoms with Crippen molar-refractivity contribution in [3.8, 4) is 11.3 Å². The third kappa shape index (κ3) is 2.10. The number of aliphatic hydroxyl groups excluding tert-OH is 1. The molecule has 2 rings (SSSR count). The van der Waals surface area contributed by atoms with Crippen molar-refractivity contribution in [3.63, 3.8) is 0 Å². The summed E-state index contributed by atoms with van der Waals surface area (Å²) in [5.74, 6) is -0.209. The van der Waals surface area contributed by atoms with Crippen LogP contribution in [0.3, 0.4) is 0 Å². The first-order chi connectivity index (χ1) is 8.65. The lowest BCUT2D eigenvalue weighted by molar-refractivity contribution is 0.0950. The highest BCUT2D eigenvalue weighted by atomic mass is 16.5. The van der Waals surface area contributed by atoms with Gasteiger partial charge < -0.3 is 14.9 Å². The fourth-order valence-corrected chi connectivity index (χ4v) is 1.63. The topological polar surface area (TPSA) is 88.3 Å². The van der Waals surface area contributed by atoms with Gasteiger partial charge in [-0.25, -0.2) is 0 Å². The van der Waals surface area contributed by atoms with E-state index in [4.69, 9.17) is 4.52 Å². The van der Waals surface area contributed by atoms with Gasteiger partial charge in [-0.1, -0.05) is 5.16 Å². The highest BCUT2D eigenvalue weighted by Gasteiger charge is 2.25. The van der Waals surface area contributed by atoms with Crippen LogP contribution in [0.4, 0.5) is 0 Å². The Kier molecular flexibility index (Phi) is 3.38. The van der Waals surface area contributed by atoms with Gasteiger partial charge in [0.05, 0.1) is 0 Å². The molecule has 6 nitrogen and oxygen atoms in total. The van der Waals surface area contributed by atoms with Gasteiger partial charge in [-0.15, -0.1) is 0 Å². The van der Waals surface area contributed by atoms with Gasteiger partial charge in [0, 0.05) is 25.0 Å². The molecule has 0 spiro atoms. The first-order valence-corrected chi connectivity index (χ1v) is 5.45. The second-order valence-corrected chi connectivity index (χ2v) is 3.77. The molecule has 6 heteroatoms. The summed E-state index contributed by atoms with van der Waals surface area (Å²) in [5, 5.41) is 15.9. The first-order valence-electron chi connectivity index (χ1n) is 5.45. The molecule has 0 aliphatic heterocycles. The van der Waals surface area contributed by atoms with Crippen LogP contribution in [0.1, 0.15) is 29.1 Å². The maximum atomic E-state index is 11.9. The number of aromatic nitrogens is 2. The molecule has 0 radical (unpaired) electrons. The Labute approximate surface area is 104 Å². The SMILES string of the molecule is CNC(=O)c1c(-c2cccnc2)noc1C(C)O. The Hall–Kier alpha value is -2.21. The summed E-state index contributed by atoms with van der Waals surface area (Å²) in [5.41, 5.74) is 1.27.